The fraction of sp³-hybridized carbons (Fsp3) is 0.158. The molecule has 0 bridgehead atoms. The molecule has 4 N–H and O–H groups in total. The Morgan fingerprint density at radius 2 is 1.84 bits per heavy atom. The molecule has 0 aliphatic rings. The topological polar surface area (TPSA) is 124 Å². The Bertz CT molecular complexity index is 1090. The van der Waals surface area contributed by atoms with Crippen LogP contribution in [0.1, 0.15) is 0 Å². The first-order valence-corrected chi connectivity index (χ1v) is 9.85. The van der Waals surface area contributed by atoms with Crippen molar-refractivity contribution >= 4 is 29.3 Å². The van der Waals surface area contributed by atoms with Gasteiger partial charge in [-0.2, -0.15) is 0 Å². The lowest BCUT2D eigenvalue weighted by Gasteiger charge is -2.07. The van der Waals surface area contributed by atoms with Crippen molar-refractivity contribution in [2.24, 2.45) is 0 Å². The molecule has 0 atom stereocenters. The molecule has 2 aromatic carbocycles. The van der Waals surface area contributed by atoms with E-state index in [-0.39, 0.29) is 18.0 Å². The van der Waals surface area contributed by atoms with Gasteiger partial charge >= 0.3 is 0 Å². The van der Waals surface area contributed by atoms with Crippen molar-refractivity contribution in [3.63, 3.8) is 0 Å². The molecular formula is C19H18F2N6O3S. The van der Waals surface area contributed by atoms with Crippen LogP contribution in [-0.4, -0.2) is 46.1 Å². The van der Waals surface area contributed by atoms with Gasteiger partial charge in [-0.1, -0.05) is 11.8 Å². The number of benzene rings is 2. The van der Waals surface area contributed by atoms with E-state index in [4.69, 9.17) is 10.6 Å². The third-order valence-corrected chi connectivity index (χ3v) is 4.94. The van der Waals surface area contributed by atoms with Crippen LogP contribution in [0.4, 0.5) is 14.5 Å². The minimum Gasteiger partial charge on any atom is -0.497 e. The fourth-order valence-electron chi connectivity index (χ4n) is 2.45. The molecule has 0 fully saturated rings. The van der Waals surface area contributed by atoms with Gasteiger partial charge in [0, 0.05) is 17.3 Å². The Balaban J connectivity index is 1.48. The molecule has 2 amide bonds. The van der Waals surface area contributed by atoms with Crippen molar-refractivity contribution in [2.45, 2.75) is 5.16 Å². The summed E-state index contributed by atoms with van der Waals surface area (Å²) < 4.78 is 32.4. The molecular weight excluding hydrogens is 430 g/mol. The molecule has 0 radical (unpaired) electrons. The van der Waals surface area contributed by atoms with Crippen LogP contribution in [0, 0.1) is 11.6 Å². The maximum Gasteiger partial charge on any atom is 0.243 e. The van der Waals surface area contributed by atoms with Crippen LogP contribution in [0.2, 0.25) is 0 Å². The summed E-state index contributed by atoms with van der Waals surface area (Å²) in [6.45, 7) is -0.342. The molecule has 0 saturated carbocycles. The normalized spacial score (nSPS) is 10.5. The van der Waals surface area contributed by atoms with Crippen molar-refractivity contribution in [2.75, 3.05) is 30.6 Å². The number of aromatic nitrogens is 3. The van der Waals surface area contributed by atoms with Gasteiger partial charge in [-0.15, -0.1) is 10.2 Å². The number of hydrogen-bond acceptors (Lipinski definition) is 7. The maximum absolute atomic E-state index is 13.2. The van der Waals surface area contributed by atoms with Crippen molar-refractivity contribution < 1.29 is 23.1 Å². The van der Waals surface area contributed by atoms with Gasteiger partial charge in [0.1, 0.15) is 5.75 Å². The molecule has 1 aromatic heterocycles. The number of nitrogen functional groups attached to an aromatic ring is 1. The first kappa shape index (κ1) is 22.0. The van der Waals surface area contributed by atoms with E-state index >= 15 is 0 Å². The smallest absolute Gasteiger partial charge is 0.243 e. The minimum atomic E-state index is -1.09. The SMILES string of the molecule is COc1ccc(-c2nnc(SCC(=O)NCC(=O)Nc3ccc(F)c(F)c3)n2N)cc1. The van der Waals surface area contributed by atoms with Crippen LogP contribution in [0.3, 0.4) is 0 Å². The molecule has 9 nitrogen and oxygen atoms in total. The van der Waals surface area contributed by atoms with E-state index in [0.717, 1.165) is 29.5 Å². The van der Waals surface area contributed by atoms with Gasteiger partial charge in [0.15, 0.2) is 17.5 Å². The highest BCUT2D eigenvalue weighted by atomic mass is 32.2. The van der Waals surface area contributed by atoms with Crippen LogP contribution in [0.5, 0.6) is 5.75 Å². The Labute approximate surface area is 179 Å². The van der Waals surface area contributed by atoms with Crippen molar-refractivity contribution in [1.29, 1.82) is 0 Å². The standard InChI is InChI=1S/C19H18F2N6O3S/c1-30-13-5-2-11(3-6-13)18-25-26-19(27(18)22)31-10-17(29)23-9-16(28)24-12-4-7-14(20)15(21)8-12/h2-8H,9-10,22H2,1H3,(H,23,29)(H,24,28). The number of nitrogens with one attached hydrogen (secondary N) is 2. The number of nitrogens with two attached hydrogens (primary N) is 1. The molecule has 31 heavy (non-hydrogen) atoms. The second-order valence-electron chi connectivity index (χ2n) is 6.15. The molecule has 1 heterocycles. The lowest BCUT2D eigenvalue weighted by molar-refractivity contribution is -0.122. The van der Waals surface area contributed by atoms with Crippen molar-refractivity contribution in [1.82, 2.24) is 20.2 Å². The summed E-state index contributed by atoms with van der Waals surface area (Å²) in [7, 11) is 1.56. The zero-order valence-electron chi connectivity index (χ0n) is 16.3. The number of carbonyl (C=O) groups excluding carboxylic acids is 2. The number of thioether (sulfide) groups is 1. The number of halogens is 2. The summed E-state index contributed by atoms with van der Waals surface area (Å²) >= 11 is 1.04. The molecule has 162 valence electrons. The van der Waals surface area contributed by atoms with E-state index in [1.165, 1.54) is 10.7 Å². The number of anilines is 1. The Morgan fingerprint density at radius 3 is 2.52 bits per heavy atom. The highest BCUT2D eigenvalue weighted by Gasteiger charge is 2.14. The third-order valence-electron chi connectivity index (χ3n) is 3.99. The summed E-state index contributed by atoms with van der Waals surface area (Å²) in [4.78, 5) is 23.8. The van der Waals surface area contributed by atoms with Gasteiger partial charge in [0.25, 0.3) is 0 Å². The third kappa shape index (κ3) is 5.69. The molecule has 12 heteroatoms. The number of carbonyl (C=O) groups is 2. The van der Waals surface area contributed by atoms with Gasteiger partial charge in [0.2, 0.25) is 17.0 Å². The van der Waals surface area contributed by atoms with Crippen LogP contribution in [0.25, 0.3) is 11.4 Å². The average Bonchev–Trinajstić information content (AvgIpc) is 3.13. The zero-order chi connectivity index (χ0) is 22.4. The lowest BCUT2D eigenvalue weighted by atomic mass is 10.2. The summed E-state index contributed by atoms with van der Waals surface area (Å²) in [6.07, 6.45) is 0. The Hall–Kier alpha value is -3.67. The zero-order valence-corrected chi connectivity index (χ0v) is 17.1. The quantitative estimate of drug-likeness (QED) is 0.355. The predicted octanol–water partition coefficient (Wildman–Crippen LogP) is 1.79. The first-order chi connectivity index (χ1) is 14.9. The highest BCUT2D eigenvalue weighted by molar-refractivity contribution is 7.99. The second kappa shape index (κ2) is 9.89. The van der Waals surface area contributed by atoms with E-state index < -0.39 is 23.4 Å². The average molecular weight is 448 g/mol. The minimum absolute atomic E-state index is 0.0591. The van der Waals surface area contributed by atoms with Gasteiger partial charge in [-0.3, -0.25) is 9.59 Å². The van der Waals surface area contributed by atoms with E-state index in [1.54, 1.807) is 31.4 Å². The van der Waals surface area contributed by atoms with Crippen molar-refractivity contribution in [3.8, 4) is 17.1 Å². The molecule has 0 aliphatic carbocycles. The maximum atomic E-state index is 13.2. The van der Waals surface area contributed by atoms with Crippen LogP contribution in [0.15, 0.2) is 47.6 Å². The fourth-order valence-corrected chi connectivity index (χ4v) is 3.14. The number of nitrogens with zero attached hydrogens (tertiary/aromatic N) is 3. The predicted molar refractivity (Wildman–Crippen MR) is 111 cm³/mol. The summed E-state index contributed by atoms with van der Waals surface area (Å²) in [5.74, 6) is 3.91. The largest absolute Gasteiger partial charge is 0.497 e. The summed E-state index contributed by atoms with van der Waals surface area (Å²) in [5.41, 5.74) is 0.802. The second-order valence-corrected chi connectivity index (χ2v) is 7.09. The molecule has 0 aliphatic heterocycles. The number of hydrogen-bond donors (Lipinski definition) is 3. The van der Waals surface area contributed by atoms with E-state index in [9.17, 15) is 18.4 Å². The van der Waals surface area contributed by atoms with E-state index in [1.807, 2.05) is 0 Å². The number of ether oxygens (including phenoxy) is 1. The molecule has 0 spiro atoms. The monoisotopic (exact) mass is 448 g/mol. The molecule has 3 aromatic rings. The number of rotatable bonds is 8. The summed E-state index contributed by atoms with van der Waals surface area (Å²) in [6, 6.07) is 10.0. The van der Waals surface area contributed by atoms with Crippen LogP contribution < -0.4 is 21.2 Å². The molecule has 3 rings (SSSR count). The van der Waals surface area contributed by atoms with Crippen LogP contribution >= 0.6 is 11.8 Å². The van der Waals surface area contributed by atoms with Gasteiger partial charge in [-0.05, 0) is 36.4 Å². The van der Waals surface area contributed by atoms with Gasteiger partial charge in [-0.25, -0.2) is 13.5 Å². The number of amides is 2. The van der Waals surface area contributed by atoms with Crippen molar-refractivity contribution in [3.05, 3.63) is 54.1 Å². The highest BCUT2D eigenvalue weighted by Crippen LogP contribution is 2.23. The van der Waals surface area contributed by atoms with Gasteiger partial charge < -0.3 is 21.2 Å². The summed E-state index contributed by atoms with van der Waals surface area (Å²) in [5, 5.41) is 13.1. The Morgan fingerprint density at radius 1 is 1.10 bits per heavy atom. The molecule has 0 saturated heterocycles. The van der Waals surface area contributed by atoms with Gasteiger partial charge in [0.05, 0.1) is 19.4 Å². The Kier molecular flexibility index (Phi) is 7.03. The first-order valence-electron chi connectivity index (χ1n) is 8.86. The molecule has 0 unspecified atom stereocenters. The van der Waals surface area contributed by atoms with Crippen LogP contribution in [-0.2, 0) is 9.59 Å². The lowest BCUT2D eigenvalue weighted by Crippen LogP contribution is -2.34. The van der Waals surface area contributed by atoms with E-state index in [2.05, 4.69) is 20.8 Å². The number of methoxy groups -OCH3 is 1. The van der Waals surface area contributed by atoms with E-state index in [0.29, 0.717) is 16.7 Å².